The van der Waals surface area contributed by atoms with Gasteiger partial charge in [0.25, 0.3) is 0 Å². The highest BCUT2D eigenvalue weighted by Crippen LogP contribution is 2.01. The van der Waals surface area contributed by atoms with Gasteiger partial charge >= 0.3 is 23.9 Å². The molecule has 2 N–H and O–H groups in total. The number of ether oxygens (including phenoxy) is 2. The molecule has 0 aliphatic heterocycles. The monoisotopic (exact) mass is 306 g/mol. The Balaban J connectivity index is 0. The second-order valence-electron chi connectivity index (χ2n) is 4.00. The van der Waals surface area contributed by atoms with Gasteiger partial charge in [0.05, 0.1) is 14.2 Å². The van der Waals surface area contributed by atoms with E-state index in [2.05, 4.69) is 9.47 Å². The summed E-state index contributed by atoms with van der Waals surface area (Å²) in [5.74, 6) is -2.37. The highest BCUT2D eigenvalue weighted by atomic mass is 16.5. The van der Waals surface area contributed by atoms with Crippen molar-refractivity contribution in [3.8, 4) is 0 Å². The van der Waals surface area contributed by atoms with Gasteiger partial charge in [-0.2, -0.15) is 0 Å². The summed E-state index contributed by atoms with van der Waals surface area (Å²) in [6.07, 6.45) is 2.16. The number of carboxylic acids is 2. The molecule has 8 nitrogen and oxygen atoms in total. The lowest BCUT2D eigenvalue weighted by molar-refractivity contribution is -0.142. The maximum Gasteiger partial charge on any atom is 0.305 e. The van der Waals surface area contributed by atoms with E-state index in [1.807, 2.05) is 0 Å². The minimum Gasteiger partial charge on any atom is -0.481 e. The van der Waals surface area contributed by atoms with Crippen LogP contribution in [0.25, 0.3) is 0 Å². The summed E-state index contributed by atoms with van der Waals surface area (Å²) in [5, 5.41) is 16.1. The summed E-state index contributed by atoms with van der Waals surface area (Å²) >= 11 is 0. The van der Waals surface area contributed by atoms with Crippen molar-refractivity contribution in [2.24, 2.45) is 0 Å². The Bertz CT molecular complexity index is 305. The molecule has 0 aromatic heterocycles. The second kappa shape index (κ2) is 14.3. The van der Waals surface area contributed by atoms with E-state index in [1.165, 1.54) is 14.2 Å². The molecule has 0 unspecified atom stereocenters. The lowest BCUT2D eigenvalue weighted by atomic mass is 10.2. The van der Waals surface area contributed by atoms with Crippen LogP contribution in [0.15, 0.2) is 0 Å². The van der Waals surface area contributed by atoms with Crippen LogP contribution in [-0.2, 0) is 28.7 Å². The van der Waals surface area contributed by atoms with Gasteiger partial charge in [-0.25, -0.2) is 0 Å². The quantitative estimate of drug-likeness (QED) is 0.480. The summed E-state index contributed by atoms with van der Waals surface area (Å²) in [6.45, 7) is 0. The largest absolute Gasteiger partial charge is 0.481 e. The molecule has 0 bridgehead atoms. The summed E-state index contributed by atoms with van der Waals surface area (Å²) in [6, 6.07) is 0. The first-order chi connectivity index (χ1) is 9.83. The predicted molar refractivity (Wildman–Crippen MR) is 71.6 cm³/mol. The maximum absolute atomic E-state index is 10.6. The van der Waals surface area contributed by atoms with Crippen LogP contribution in [-0.4, -0.2) is 48.3 Å². The van der Waals surface area contributed by atoms with E-state index >= 15 is 0 Å². The zero-order valence-electron chi connectivity index (χ0n) is 12.3. The molecule has 0 saturated carbocycles. The van der Waals surface area contributed by atoms with E-state index in [9.17, 15) is 19.2 Å². The molecule has 21 heavy (non-hydrogen) atoms. The molecule has 0 aromatic carbocycles. The molecule has 0 fully saturated rings. The van der Waals surface area contributed by atoms with E-state index in [0.717, 1.165) is 0 Å². The van der Waals surface area contributed by atoms with E-state index < -0.39 is 11.9 Å². The molecule has 0 aliphatic rings. The van der Waals surface area contributed by atoms with Crippen molar-refractivity contribution in [3.05, 3.63) is 0 Å². The smallest absolute Gasteiger partial charge is 0.305 e. The first kappa shape index (κ1) is 21.2. The Morgan fingerprint density at radius 1 is 0.667 bits per heavy atom. The van der Waals surface area contributed by atoms with Crippen LogP contribution in [0.5, 0.6) is 0 Å². The van der Waals surface area contributed by atoms with Crippen LogP contribution < -0.4 is 0 Å². The minimum atomic E-state index is -0.948. The van der Waals surface area contributed by atoms with Crippen LogP contribution in [0.3, 0.4) is 0 Å². The van der Waals surface area contributed by atoms with Crippen molar-refractivity contribution in [1.82, 2.24) is 0 Å². The number of rotatable bonds is 9. The summed E-state index contributed by atoms with van der Waals surface area (Å²) in [5.41, 5.74) is 0. The molecule has 0 radical (unpaired) electrons. The van der Waals surface area contributed by atoms with Gasteiger partial charge < -0.3 is 19.7 Å². The van der Waals surface area contributed by atoms with Crippen LogP contribution in [0.1, 0.15) is 44.9 Å². The maximum atomic E-state index is 10.6. The average molecular weight is 306 g/mol. The van der Waals surface area contributed by atoms with Crippen molar-refractivity contribution < 1.29 is 38.9 Å². The number of hydrogen-bond donors (Lipinski definition) is 2. The topological polar surface area (TPSA) is 127 Å². The third-order valence-electron chi connectivity index (χ3n) is 2.25. The molecule has 0 amide bonds. The highest BCUT2D eigenvalue weighted by molar-refractivity contribution is 5.70. The summed E-state index contributed by atoms with van der Waals surface area (Å²) in [4.78, 5) is 40.8. The van der Waals surface area contributed by atoms with Crippen LogP contribution in [0.2, 0.25) is 0 Å². The van der Waals surface area contributed by atoms with E-state index in [1.54, 1.807) is 0 Å². The van der Waals surface area contributed by atoms with Crippen molar-refractivity contribution >= 4 is 23.9 Å². The number of carbonyl (C=O) groups excluding carboxylic acids is 2. The van der Waals surface area contributed by atoms with Crippen molar-refractivity contribution in [1.29, 1.82) is 0 Å². The van der Waals surface area contributed by atoms with Crippen LogP contribution in [0, 0.1) is 0 Å². The molecule has 0 heterocycles. The fourth-order valence-electron chi connectivity index (χ4n) is 1.13. The zero-order chi connectivity index (χ0) is 16.7. The molecule has 122 valence electrons. The fourth-order valence-corrected chi connectivity index (χ4v) is 1.13. The zero-order valence-corrected chi connectivity index (χ0v) is 12.3. The minimum absolute atomic E-state index is 0.0632. The SMILES string of the molecule is COC(=O)CCCCC(=O)OC.O=C(O)CCCC(=O)O. The lowest BCUT2D eigenvalue weighted by Crippen LogP contribution is -2.02. The molecule has 0 spiro atoms. The third kappa shape index (κ3) is 20.4. The van der Waals surface area contributed by atoms with Gasteiger partial charge in [0.15, 0.2) is 0 Å². The Kier molecular flexibility index (Phi) is 14.4. The van der Waals surface area contributed by atoms with Crippen LogP contribution in [0.4, 0.5) is 0 Å². The van der Waals surface area contributed by atoms with Gasteiger partial charge in [-0.1, -0.05) is 0 Å². The van der Waals surface area contributed by atoms with Crippen LogP contribution >= 0.6 is 0 Å². The van der Waals surface area contributed by atoms with E-state index in [-0.39, 0.29) is 31.2 Å². The number of methoxy groups -OCH3 is 2. The molecule has 0 atom stereocenters. The Morgan fingerprint density at radius 3 is 1.24 bits per heavy atom. The molecule has 8 heteroatoms. The fraction of sp³-hybridized carbons (Fsp3) is 0.692. The Hall–Kier alpha value is -2.12. The van der Waals surface area contributed by atoms with E-state index in [4.69, 9.17) is 10.2 Å². The summed E-state index contributed by atoms with van der Waals surface area (Å²) < 4.78 is 8.86. The Morgan fingerprint density at radius 2 is 1.00 bits per heavy atom. The number of hydrogen-bond acceptors (Lipinski definition) is 6. The van der Waals surface area contributed by atoms with Crippen molar-refractivity contribution in [2.45, 2.75) is 44.9 Å². The molecule has 0 rings (SSSR count). The number of aliphatic carboxylic acids is 2. The molecule has 0 aliphatic carbocycles. The summed E-state index contributed by atoms with van der Waals surface area (Å²) in [7, 11) is 2.70. The first-order valence-corrected chi connectivity index (χ1v) is 6.40. The predicted octanol–water partition coefficient (Wildman–Crippen LogP) is 1.22. The average Bonchev–Trinajstić information content (AvgIpc) is 2.42. The number of unbranched alkanes of at least 4 members (excludes halogenated alkanes) is 1. The van der Waals surface area contributed by atoms with Gasteiger partial charge in [-0.3, -0.25) is 19.2 Å². The van der Waals surface area contributed by atoms with Gasteiger partial charge in [0.1, 0.15) is 0 Å². The molecule has 0 saturated heterocycles. The van der Waals surface area contributed by atoms with Crippen molar-refractivity contribution in [3.63, 3.8) is 0 Å². The molecule has 0 aromatic rings. The van der Waals surface area contributed by atoms with Gasteiger partial charge in [-0.15, -0.1) is 0 Å². The van der Waals surface area contributed by atoms with E-state index in [0.29, 0.717) is 25.7 Å². The molecular weight excluding hydrogens is 284 g/mol. The van der Waals surface area contributed by atoms with Gasteiger partial charge in [0.2, 0.25) is 0 Å². The second-order valence-corrected chi connectivity index (χ2v) is 4.00. The number of carbonyl (C=O) groups is 4. The van der Waals surface area contributed by atoms with Crippen molar-refractivity contribution in [2.75, 3.05) is 14.2 Å². The highest BCUT2D eigenvalue weighted by Gasteiger charge is 2.02. The third-order valence-corrected chi connectivity index (χ3v) is 2.25. The molecular formula is C13H22O8. The van der Waals surface area contributed by atoms with Gasteiger partial charge in [0, 0.05) is 25.7 Å². The lowest BCUT2D eigenvalue weighted by Gasteiger charge is -1.98. The number of esters is 2. The standard InChI is InChI=1S/C8H14O4.C5H8O4/c1-11-7(9)5-3-4-6-8(10)12-2;6-4(7)2-1-3-5(8)9/h3-6H2,1-2H3;1-3H2,(H,6,7)(H,8,9). The Labute approximate surface area is 123 Å². The normalized spacial score (nSPS) is 9.05. The number of carboxylic acid groups (broad SMARTS) is 2. The first-order valence-electron chi connectivity index (χ1n) is 6.40. The van der Waals surface area contributed by atoms with Gasteiger partial charge in [-0.05, 0) is 19.3 Å².